The average Bonchev–Trinajstić information content (AvgIpc) is 2.52. The highest BCUT2D eigenvalue weighted by molar-refractivity contribution is 7.99. The SMILES string of the molecule is Cc1cc(SCC(=O)N2CC(C)OC(C)C2)nc2ccccc12. The quantitative estimate of drug-likeness (QED) is 0.810. The number of nitrogens with zero attached hydrogens (tertiary/aromatic N) is 2. The van der Waals surface area contributed by atoms with Crippen molar-refractivity contribution in [3.8, 4) is 0 Å². The molecule has 1 aromatic carbocycles. The Kier molecular flexibility index (Phi) is 4.87. The maximum absolute atomic E-state index is 12.4. The van der Waals surface area contributed by atoms with Crippen LogP contribution >= 0.6 is 11.8 Å². The van der Waals surface area contributed by atoms with Crippen LogP contribution < -0.4 is 0 Å². The predicted octanol–water partition coefficient (Wildman–Crippen LogP) is 3.27. The number of hydrogen-bond donors (Lipinski definition) is 0. The van der Waals surface area contributed by atoms with Crippen molar-refractivity contribution in [2.45, 2.75) is 38.0 Å². The van der Waals surface area contributed by atoms with Gasteiger partial charge in [0.15, 0.2) is 0 Å². The Morgan fingerprint density at radius 3 is 2.74 bits per heavy atom. The molecule has 1 aliphatic heterocycles. The lowest BCUT2D eigenvalue weighted by atomic mass is 10.1. The van der Waals surface area contributed by atoms with E-state index in [1.165, 1.54) is 22.7 Å². The number of pyridine rings is 1. The van der Waals surface area contributed by atoms with Gasteiger partial charge in [-0.2, -0.15) is 0 Å². The topological polar surface area (TPSA) is 42.4 Å². The van der Waals surface area contributed by atoms with Crippen LogP contribution in [0.15, 0.2) is 35.4 Å². The molecule has 2 aromatic rings. The van der Waals surface area contributed by atoms with Crippen molar-refractivity contribution in [3.05, 3.63) is 35.9 Å². The maximum Gasteiger partial charge on any atom is 0.233 e. The lowest BCUT2D eigenvalue weighted by molar-refractivity contribution is -0.140. The summed E-state index contributed by atoms with van der Waals surface area (Å²) < 4.78 is 5.68. The van der Waals surface area contributed by atoms with E-state index in [-0.39, 0.29) is 18.1 Å². The van der Waals surface area contributed by atoms with Gasteiger partial charge in [0.2, 0.25) is 5.91 Å². The Morgan fingerprint density at radius 2 is 2.00 bits per heavy atom. The number of fused-ring (bicyclic) bond motifs is 1. The zero-order valence-electron chi connectivity index (χ0n) is 13.8. The normalized spacial score (nSPS) is 21.6. The van der Waals surface area contributed by atoms with Crippen LogP contribution in [0.3, 0.4) is 0 Å². The van der Waals surface area contributed by atoms with Gasteiger partial charge in [-0.1, -0.05) is 30.0 Å². The van der Waals surface area contributed by atoms with Gasteiger partial charge in [0.05, 0.1) is 28.5 Å². The summed E-state index contributed by atoms with van der Waals surface area (Å²) >= 11 is 1.51. The molecule has 4 nitrogen and oxygen atoms in total. The molecular formula is C18H22N2O2S. The fourth-order valence-corrected chi connectivity index (χ4v) is 3.88. The molecule has 122 valence electrons. The second kappa shape index (κ2) is 6.89. The number of aromatic nitrogens is 1. The Balaban J connectivity index is 1.67. The fraction of sp³-hybridized carbons (Fsp3) is 0.444. The number of hydrogen-bond acceptors (Lipinski definition) is 4. The minimum absolute atomic E-state index is 0.105. The lowest BCUT2D eigenvalue weighted by Gasteiger charge is -2.35. The van der Waals surface area contributed by atoms with Crippen LogP contribution in [0.4, 0.5) is 0 Å². The van der Waals surface area contributed by atoms with Gasteiger partial charge in [0.1, 0.15) is 0 Å². The van der Waals surface area contributed by atoms with Crippen LogP contribution in [0.1, 0.15) is 19.4 Å². The van der Waals surface area contributed by atoms with E-state index in [0.717, 1.165) is 10.5 Å². The summed E-state index contributed by atoms with van der Waals surface area (Å²) in [5, 5.41) is 2.07. The highest BCUT2D eigenvalue weighted by Gasteiger charge is 2.25. The molecule has 1 saturated heterocycles. The van der Waals surface area contributed by atoms with E-state index < -0.39 is 0 Å². The molecule has 0 spiro atoms. The second-order valence-electron chi connectivity index (χ2n) is 6.14. The molecule has 23 heavy (non-hydrogen) atoms. The third-order valence-electron chi connectivity index (χ3n) is 4.02. The number of para-hydroxylation sites is 1. The minimum atomic E-state index is 0.105. The van der Waals surface area contributed by atoms with Crippen molar-refractivity contribution < 1.29 is 9.53 Å². The van der Waals surface area contributed by atoms with Crippen LogP contribution in [-0.4, -0.2) is 46.8 Å². The summed E-state index contributed by atoms with van der Waals surface area (Å²) in [4.78, 5) is 19.0. The zero-order chi connectivity index (χ0) is 16.4. The van der Waals surface area contributed by atoms with Crippen molar-refractivity contribution in [1.29, 1.82) is 0 Å². The third-order valence-corrected chi connectivity index (χ3v) is 4.91. The van der Waals surface area contributed by atoms with Gasteiger partial charge in [-0.15, -0.1) is 0 Å². The summed E-state index contributed by atoms with van der Waals surface area (Å²) in [5.41, 5.74) is 2.18. The molecule has 1 aromatic heterocycles. The molecule has 0 N–H and O–H groups in total. The standard InChI is InChI=1S/C18H22N2O2S/c1-12-8-17(19-16-7-5-4-6-15(12)16)23-11-18(21)20-9-13(2)22-14(3)10-20/h4-8,13-14H,9-11H2,1-3H3. The summed E-state index contributed by atoms with van der Waals surface area (Å²) in [5.74, 6) is 0.578. The van der Waals surface area contributed by atoms with Gasteiger partial charge >= 0.3 is 0 Å². The molecule has 1 aliphatic rings. The maximum atomic E-state index is 12.4. The zero-order valence-corrected chi connectivity index (χ0v) is 14.6. The largest absolute Gasteiger partial charge is 0.372 e. The number of carbonyl (C=O) groups excluding carboxylic acids is 1. The van der Waals surface area contributed by atoms with E-state index in [2.05, 4.69) is 24.0 Å². The van der Waals surface area contributed by atoms with Crippen molar-refractivity contribution in [2.24, 2.45) is 0 Å². The van der Waals surface area contributed by atoms with E-state index >= 15 is 0 Å². The fourth-order valence-electron chi connectivity index (χ4n) is 3.00. The van der Waals surface area contributed by atoms with E-state index in [1.54, 1.807) is 0 Å². The highest BCUT2D eigenvalue weighted by atomic mass is 32.2. The smallest absolute Gasteiger partial charge is 0.233 e. The number of morpholine rings is 1. The Hall–Kier alpha value is -1.59. The molecule has 0 bridgehead atoms. The number of ether oxygens (including phenoxy) is 1. The summed E-state index contributed by atoms with van der Waals surface area (Å²) in [7, 11) is 0. The first kappa shape index (κ1) is 16.3. The summed E-state index contributed by atoms with van der Waals surface area (Å²) in [6.07, 6.45) is 0.211. The van der Waals surface area contributed by atoms with Crippen molar-refractivity contribution in [2.75, 3.05) is 18.8 Å². The highest BCUT2D eigenvalue weighted by Crippen LogP contribution is 2.24. The van der Waals surface area contributed by atoms with Gasteiger partial charge < -0.3 is 9.64 Å². The Morgan fingerprint density at radius 1 is 1.30 bits per heavy atom. The van der Waals surface area contributed by atoms with E-state index in [1.807, 2.05) is 36.9 Å². The van der Waals surface area contributed by atoms with Crippen LogP contribution in [0, 0.1) is 6.92 Å². The lowest BCUT2D eigenvalue weighted by Crippen LogP contribution is -2.48. The molecule has 2 heterocycles. The number of carbonyl (C=O) groups is 1. The number of benzene rings is 1. The molecule has 0 saturated carbocycles. The number of amides is 1. The minimum Gasteiger partial charge on any atom is -0.372 e. The molecule has 1 amide bonds. The summed E-state index contributed by atoms with van der Waals surface area (Å²) in [6, 6.07) is 10.2. The third kappa shape index (κ3) is 3.85. The van der Waals surface area contributed by atoms with E-state index in [4.69, 9.17) is 4.74 Å². The average molecular weight is 330 g/mol. The van der Waals surface area contributed by atoms with E-state index in [9.17, 15) is 4.79 Å². The predicted molar refractivity (Wildman–Crippen MR) is 93.8 cm³/mol. The van der Waals surface area contributed by atoms with E-state index in [0.29, 0.717) is 18.8 Å². The molecule has 3 rings (SSSR count). The van der Waals surface area contributed by atoms with Crippen LogP contribution in [0.5, 0.6) is 0 Å². The van der Waals surface area contributed by atoms with Gasteiger partial charge in [-0.05, 0) is 38.5 Å². The first-order valence-corrected chi connectivity index (χ1v) is 8.94. The Bertz CT molecular complexity index is 709. The molecule has 1 fully saturated rings. The molecule has 0 aliphatic carbocycles. The van der Waals surface area contributed by atoms with Crippen molar-refractivity contribution >= 4 is 28.6 Å². The first-order valence-electron chi connectivity index (χ1n) is 7.95. The number of thioether (sulfide) groups is 1. The number of aryl methyl sites for hydroxylation is 1. The van der Waals surface area contributed by atoms with Gasteiger partial charge in [0, 0.05) is 18.5 Å². The van der Waals surface area contributed by atoms with Crippen molar-refractivity contribution in [3.63, 3.8) is 0 Å². The second-order valence-corrected chi connectivity index (χ2v) is 7.13. The number of rotatable bonds is 3. The molecule has 2 atom stereocenters. The molecule has 5 heteroatoms. The van der Waals surface area contributed by atoms with Crippen LogP contribution in [-0.2, 0) is 9.53 Å². The van der Waals surface area contributed by atoms with Gasteiger partial charge in [-0.3, -0.25) is 4.79 Å². The van der Waals surface area contributed by atoms with Crippen LogP contribution in [0.25, 0.3) is 10.9 Å². The molecule has 2 unspecified atom stereocenters. The summed E-state index contributed by atoms with van der Waals surface area (Å²) in [6.45, 7) is 7.46. The Labute approximate surface area is 141 Å². The monoisotopic (exact) mass is 330 g/mol. The van der Waals surface area contributed by atoms with Gasteiger partial charge in [0.25, 0.3) is 0 Å². The van der Waals surface area contributed by atoms with Gasteiger partial charge in [-0.25, -0.2) is 4.98 Å². The molecule has 0 radical (unpaired) electrons. The molecular weight excluding hydrogens is 308 g/mol. The van der Waals surface area contributed by atoms with Crippen molar-refractivity contribution in [1.82, 2.24) is 9.88 Å². The first-order chi connectivity index (χ1) is 11.0. The van der Waals surface area contributed by atoms with Crippen LogP contribution in [0.2, 0.25) is 0 Å².